The first-order valence-electron chi connectivity index (χ1n) is 13.6. The topological polar surface area (TPSA) is 119 Å². The number of hydrogen-bond acceptors (Lipinski definition) is 7. The van der Waals surface area contributed by atoms with E-state index >= 15 is 4.39 Å². The first kappa shape index (κ1) is 26.1. The lowest BCUT2D eigenvalue weighted by Gasteiger charge is -2.30. The predicted octanol–water partition coefficient (Wildman–Crippen LogP) is 3.58. The van der Waals surface area contributed by atoms with Crippen LogP contribution in [0.5, 0.6) is 11.5 Å². The van der Waals surface area contributed by atoms with Crippen LogP contribution in [0.1, 0.15) is 29.6 Å². The van der Waals surface area contributed by atoms with Gasteiger partial charge < -0.3 is 35.9 Å². The third-order valence-electron chi connectivity index (χ3n) is 7.75. The Morgan fingerprint density at radius 2 is 1.95 bits per heavy atom. The van der Waals surface area contributed by atoms with Gasteiger partial charge in [-0.05, 0) is 62.8 Å². The van der Waals surface area contributed by atoms with Gasteiger partial charge in [-0.3, -0.25) is 9.59 Å². The van der Waals surface area contributed by atoms with Gasteiger partial charge in [0, 0.05) is 31.9 Å². The molecule has 0 aliphatic carbocycles. The summed E-state index contributed by atoms with van der Waals surface area (Å²) in [6.07, 6.45) is 3.88. The molecular weight excluding hydrogens is 511 g/mol. The number of halogens is 1. The lowest BCUT2D eigenvalue weighted by Crippen LogP contribution is -2.32. The summed E-state index contributed by atoms with van der Waals surface area (Å²) in [5.74, 6) is -0.581. The molecule has 3 aromatic carbocycles. The third kappa shape index (κ3) is 4.33. The van der Waals surface area contributed by atoms with E-state index in [1.807, 2.05) is 55.4 Å². The van der Waals surface area contributed by atoms with Crippen LogP contribution in [0.15, 0.2) is 47.4 Å². The first-order chi connectivity index (χ1) is 19.2. The Morgan fingerprint density at radius 1 is 1.20 bits per heavy atom. The molecule has 208 valence electrons. The van der Waals surface area contributed by atoms with Crippen molar-refractivity contribution in [3.05, 3.63) is 64.2 Å². The third-order valence-corrected chi connectivity index (χ3v) is 7.75. The second-order valence-corrected chi connectivity index (χ2v) is 10.9. The Balaban J connectivity index is 1.55. The van der Waals surface area contributed by atoms with E-state index in [1.54, 1.807) is 4.57 Å². The van der Waals surface area contributed by atoms with E-state index in [4.69, 9.17) is 16.2 Å². The Hall–Kier alpha value is -4.15. The average Bonchev–Trinajstić information content (AvgIpc) is 3.36. The summed E-state index contributed by atoms with van der Waals surface area (Å²) >= 11 is 0. The second kappa shape index (κ2) is 10.1. The number of benzene rings is 3. The largest absolute Gasteiger partial charge is 0.451 e. The summed E-state index contributed by atoms with van der Waals surface area (Å²) in [7, 11) is 3.98. The van der Waals surface area contributed by atoms with E-state index in [0.717, 1.165) is 30.2 Å². The maximum Gasteiger partial charge on any atom is 0.256 e. The average molecular weight is 545 g/mol. The Kier molecular flexibility index (Phi) is 6.59. The molecule has 1 saturated heterocycles. The van der Waals surface area contributed by atoms with E-state index in [1.165, 1.54) is 6.20 Å². The molecule has 4 aromatic rings. The normalized spacial score (nSPS) is 16.0. The molecule has 3 heterocycles. The van der Waals surface area contributed by atoms with Gasteiger partial charge in [0.15, 0.2) is 17.3 Å². The number of nitrogens with zero attached hydrogens (tertiary/aromatic N) is 3. The highest BCUT2D eigenvalue weighted by atomic mass is 19.1. The fourth-order valence-corrected chi connectivity index (χ4v) is 5.70. The molecule has 0 spiro atoms. The van der Waals surface area contributed by atoms with E-state index in [0.29, 0.717) is 43.0 Å². The van der Waals surface area contributed by atoms with Crippen molar-refractivity contribution in [2.45, 2.75) is 25.3 Å². The van der Waals surface area contributed by atoms with E-state index in [2.05, 4.69) is 10.2 Å². The molecule has 2 aliphatic heterocycles. The smallest absolute Gasteiger partial charge is 0.256 e. The number of carbonyl (C=O) groups excluding carboxylic acids is 1. The van der Waals surface area contributed by atoms with Gasteiger partial charge >= 0.3 is 0 Å². The van der Waals surface area contributed by atoms with Gasteiger partial charge in [-0.15, -0.1) is 0 Å². The quantitative estimate of drug-likeness (QED) is 0.212. The molecular formula is C30H33FN6O3. The van der Waals surface area contributed by atoms with Crippen LogP contribution in [0.3, 0.4) is 0 Å². The number of nitrogens with one attached hydrogen (secondary N) is 1. The molecule has 0 bridgehead atoms. The van der Waals surface area contributed by atoms with Crippen LogP contribution in [0.2, 0.25) is 0 Å². The van der Waals surface area contributed by atoms with Crippen molar-refractivity contribution in [1.29, 1.82) is 0 Å². The molecule has 40 heavy (non-hydrogen) atoms. The molecule has 1 fully saturated rings. The number of hydrogen-bond donors (Lipinski definition) is 3. The maximum absolute atomic E-state index is 16.1. The number of pyridine rings is 1. The van der Waals surface area contributed by atoms with Crippen molar-refractivity contribution in [2.75, 3.05) is 50.9 Å². The summed E-state index contributed by atoms with van der Waals surface area (Å²) in [5.41, 5.74) is 12.6. The number of rotatable bonds is 7. The minimum Gasteiger partial charge on any atom is -0.451 e. The van der Waals surface area contributed by atoms with Crippen LogP contribution in [-0.2, 0) is 0 Å². The number of ether oxygens (including phenoxy) is 1. The highest BCUT2D eigenvalue weighted by molar-refractivity contribution is 6.06. The van der Waals surface area contributed by atoms with Crippen molar-refractivity contribution >= 4 is 39.0 Å². The van der Waals surface area contributed by atoms with Crippen molar-refractivity contribution in [1.82, 2.24) is 14.8 Å². The number of fused-ring (bicyclic) bond motifs is 3. The number of unbranched alkanes of at least 4 members (excludes halogenated alkanes) is 1. The number of nitrogen functional groups attached to an aromatic ring is 1. The lowest BCUT2D eigenvalue weighted by atomic mass is 10.0. The van der Waals surface area contributed by atoms with Crippen LogP contribution >= 0.6 is 0 Å². The summed E-state index contributed by atoms with van der Waals surface area (Å²) < 4.78 is 24.2. The van der Waals surface area contributed by atoms with Gasteiger partial charge in [-0.1, -0.05) is 24.3 Å². The lowest BCUT2D eigenvalue weighted by molar-refractivity contribution is 0.0951. The number of anilines is 2. The molecule has 2 aliphatic rings. The molecule has 1 atom stereocenters. The Labute approximate surface area is 231 Å². The summed E-state index contributed by atoms with van der Waals surface area (Å²) in [6, 6.07) is 11.5. The van der Waals surface area contributed by atoms with Gasteiger partial charge in [0.05, 0.1) is 16.8 Å². The van der Waals surface area contributed by atoms with Crippen LogP contribution in [0.4, 0.5) is 15.8 Å². The zero-order valence-electron chi connectivity index (χ0n) is 22.7. The van der Waals surface area contributed by atoms with Gasteiger partial charge in [0.25, 0.3) is 5.91 Å². The molecule has 0 saturated carbocycles. The molecule has 5 N–H and O–H groups in total. The fraction of sp³-hybridized carbons (Fsp3) is 0.333. The standard InChI is InChI=1S/C30H33FN6O3/c1-35(2)11-6-5-10-34-30(39)20-16-37-21-13-17-7-3-4-8-18(17)14-22(21)40-29-26(37)23(28(20)38)25(33)24(31)27(29)36-12-9-19(32)15-36/h3-4,7-8,13-14,16,19H,5-6,9-12,15,32-33H2,1-2H3,(H,34,39). The minimum absolute atomic E-state index is 0.0705. The second-order valence-electron chi connectivity index (χ2n) is 10.9. The van der Waals surface area contributed by atoms with Crippen LogP contribution in [0.25, 0.3) is 27.4 Å². The molecule has 9 nitrogen and oxygen atoms in total. The first-order valence-corrected chi connectivity index (χ1v) is 13.6. The van der Waals surface area contributed by atoms with Crippen molar-refractivity contribution < 1.29 is 13.9 Å². The highest BCUT2D eigenvalue weighted by Crippen LogP contribution is 2.50. The van der Waals surface area contributed by atoms with Crippen LogP contribution in [-0.4, -0.2) is 61.7 Å². The molecule has 1 unspecified atom stereocenters. The summed E-state index contributed by atoms with van der Waals surface area (Å²) in [5, 5.41) is 4.68. The van der Waals surface area contributed by atoms with Crippen LogP contribution in [0, 0.1) is 5.82 Å². The Morgan fingerprint density at radius 3 is 2.65 bits per heavy atom. The Bertz CT molecular complexity index is 1720. The number of amides is 1. The SMILES string of the molecule is CN(C)CCCCNC(=O)c1cn2c3c(c(N4CCC(N)C4)c(F)c(N)c3c1=O)Oc1cc3ccccc3cc1-2. The van der Waals surface area contributed by atoms with E-state index in [-0.39, 0.29) is 34.1 Å². The predicted molar refractivity (Wildman–Crippen MR) is 156 cm³/mol. The zero-order chi connectivity index (χ0) is 28.1. The molecule has 1 amide bonds. The summed E-state index contributed by atoms with van der Waals surface area (Å²) in [4.78, 5) is 30.9. The van der Waals surface area contributed by atoms with Crippen molar-refractivity contribution in [3.8, 4) is 17.2 Å². The van der Waals surface area contributed by atoms with Crippen LogP contribution < -0.4 is 31.8 Å². The molecule has 1 aromatic heterocycles. The highest BCUT2D eigenvalue weighted by Gasteiger charge is 2.34. The van der Waals surface area contributed by atoms with E-state index < -0.39 is 17.2 Å². The molecule has 0 radical (unpaired) electrons. The van der Waals surface area contributed by atoms with Gasteiger partial charge in [0.1, 0.15) is 16.8 Å². The van der Waals surface area contributed by atoms with Gasteiger partial charge in [-0.25, -0.2) is 4.39 Å². The zero-order valence-corrected chi connectivity index (χ0v) is 22.7. The monoisotopic (exact) mass is 544 g/mol. The number of aromatic nitrogens is 1. The van der Waals surface area contributed by atoms with E-state index in [9.17, 15) is 9.59 Å². The maximum atomic E-state index is 16.1. The number of nitrogens with two attached hydrogens (primary N) is 2. The number of carbonyl (C=O) groups is 1. The van der Waals surface area contributed by atoms with Crippen molar-refractivity contribution in [3.63, 3.8) is 0 Å². The summed E-state index contributed by atoms with van der Waals surface area (Å²) in [6.45, 7) is 2.27. The van der Waals surface area contributed by atoms with Gasteiger partial charge in [-0.2, -0.15) is 0 Å². The minimum atomic E-state index is -0.745. The van der Waals surface area contributed by atoms with Gasteiger partial charge in [0.2, 0.25) is 5.43 Å². The van der Waals surface area contributed by atoms with Crippen molar-refractivity contribution in [2.24, 2.45) is 5.73 Å². The fourth-order valence-electron chi connectivity index (χ4n) is 5.70. The molecule has 6 rings (SSSR count). The molecule has 10 heteroatoms.